The van der Waals surface area contributed by atoms with Crippen molar-refractivity contribution in [1.82, 2.24) is 14.8 Å². The lowest BCUT2D eigenvalue weighted by atomic mass is 9.95. The number of rotatable bonds is 4. The maximum Gasteiger partial charge on any atom is 0.308 e. The Morgan fingerprint density at radius 2 is 2.09 bits per heavy atom. The van der Waals surface area contributed by atoms with Crippen molar-refractivity contribution in [1.29, 1.82) is 0 Å². The van der Waals surface area contributed by atoms with Gasteiger partial charge in [0, 0.05) is 18.9 Å². The van der Waals surface area contributed by atoms with E-state index in [0.717, 1.165) is 43.9 Å². The van der Waals surface area contributed by atoms with Crippen LogP contribution in [0.25, 0.3) is 0 Å². The lowest BCUT2D eigenvalue weighted by molar-refractivity contribution is -0.145. The highest BCUT2D eigenvalue weighted by atomic mass is 16.5. The first kappa shape index (κ1) is 15.7. The summed E-state index contributed by atoms with van der Waals surface area (Å²) in [6.07, 6.45) is 3.32. The second kappa shape index (κ2) is 6.94. The Hall–Kier alpha value is -2.17. The van der Waals surface area contributed by atoms with E-state index in [4.69, 9.17) is 4.74 Å². The van der Waals surface area contributed by atoms with Crippen molar-refractivity contribution in [2.45, 2.75) is 45.1 Å². The summed E-state index contributed by atoms with van der Waals surface area (Å²) in [5.74, 6) is 2.10. The molecule has 0 bridgehead atoms. The number of esters is 1. The van der Waals surface area contributed by atoms with Crippen molar-refractivity contribution >= 4 is 5.97 Å². The highest BCUT2D eigenvalue weighted by Crippen LogP contribution is 2.29. The molecule has 5 heteroatoms. The van der Waals surface area contributed by atoms with Crippen LogP contribution in [-0.2, 0) is 22.5 Å². The molecule has 5 nitrogen and oxygen atoms in total. The Morgan fingerprint density at radius 1 is 1.30 bits per heavy atom. The van der Waals surface area contributed by atoms with Crippen LogP contribution in [0.3, 0.4) is 0 Å². The second-order valence-electron chi connectivity index (χ2n) is 6.05. The van der Waals surface area contributed by atoms with Gasteiger partial charge in [-0.3, -0.25) is 4.79 Å². The number of ether oxygens (including phenoxy) is 1. The van der Waals surface area contributed by atoms with E-state index in [1.165, 1.54) is 12.7 Å². The van der Waals surface area contributed by atoms with Gasteiger partial charge in [0.15, 0.2) is 0 Å². The summed E-state index contributed by atoms with van der Waals surface area (Å²) in [4.78, 5) is 11.8. The monoisotopic (exact) mass is 313 g/mol. The SMILES string of the molecule is CCC(c1ccccc1)c1nnc2n1CCC(C(=O)OC)CC2. The first-order chi connectivity index (χ1) is 11.2. The third kappa shape index (κ3) is 3.14. The van der Waals surface area contributed by atoms with Crippen LogP contribution in [0.1, 0.15) is 49.3 Å². The molecule has 2 atom stereocenters. The predicted octanol–water partition coefficient (Wildman–Crippen LogP) is 2.95. The van der Waals surface area contributed by atoms with Crippen LogP contribution in [0, 0.1) is 5.92 Å². The van der Waals surface area contributed by atoms with Crippen LogP contribution in [0.5, 0.6) is 0 Å². The van der Waals surface area contributed by atoms with Crippen molar-refractivity contribution < 1.29 is 9.53 Å². The molecule has 23 heavy (non-hydrogen) atoms. The van der Waals surface area contributed by atoms with Gasteiger partial charge >= 0.3 is 5.97 Å². The van der Waals surface area contributed by atoms with Gasteiger partial charge in [-0.05, 0) is 24.8 Å². The highest BCUT2D eigenvalue weighted by Gasteiger charge is 2.27. The molecule has 0 radical (unpaired) electrons. The molecular formula is C18H23N3O2. The molecule has 1 aromatic heterocycles. The van der Waals surface area contributed by atoms with Crippen molar-refractivity contribution in [3.05, 3.63) is 47.5 Å². The molecule has 0 aliphatic carbocycles. The predicted molar refractivity (Wildman–Crippen MR) is 87.0 cm³/mol. The Balaban J connectivity index is 1.87. The number of hydrogen-bond acceptors (Lipinski definition) is 4. The van der Waals surface area contributed by atoms with E-state index in [1.54, 1.807) is 0 Å². The van der Waals surface area contributed by atoms with Gasteiger partial charge in [0.2, 0.25) is 0 Å². The third-order valence-corrected chi connectivity index (χ3v) is 4.73. The van der Waals surface area contributed by atoms with Gasteiger partial charge in [-0.25, -0.2) is 0 Å². The fourth-order valence-electron chi connectivity index (χ4n) is 3.42. The van der Waals surface area contributed by atoms with Gasteiger partial charge in [-0.1, -0.05) is 37.3 Å². The molecule has 2 aromatic rings. The topological polar surface area (TPSA) is 57.0 Å². The molecule has 0 N–H and O–H groups in total. The number of carbonyl (C=O) groups is 1. The molecule has 122 valence electrons. The zero-order valence-corrected chi connectivity index (χ0v) is 13.7. The minimum Gasteiger partial charge on any atom is -0.469 e. The normalized spacial score (nSPS) is 18.8. The van der Waals surface area contributed by atoms with Crippen LogP contribution in [-0.4, -0.2) is 27.8 Å². The maximum absolute atomic E-state index is 11.8. The number of hydrogen-bond donors (Lipinski definition) is 0. The van der Waals surface area contributed by atoms with Gasteiger partial charge in [0.05, 0.1) is 13.0 Å². The van der Waals surface area contributed by atoms with E-state index in [1.807, 2.05) is 6.07 Å². The fourth-order valence-corrected chi connectivity index (χ4v) is 3.42. The lowest BCUT2D eigenvalue weighted by Crippen LogP contribution is -2.17. The molecule has 1 aliphatic heterocycles. The number of methoxy groups -OCH3 is 1. The average molecular weight is 313 g/mol. The van der Waals surface area contributed by atoms with E-state index >= 15 is 0 Å². The zero-order chi connectivity index (χ0) is 16.2. The second-order valence-corrected chi connectivity index (χ2v) is 6.05. The van der Waals surface area contributed by atoms with Gasteiger partial charge in [-0.15, -0.1) is 10.2 Å². The summed E-state index contributed by atoms with van der Waals surface area (Å²) >= 11 is 0. The van der Waals surface area contributed by atoms with E-state index in [2.05, 4.69) is 46.0 Å². The summed E-state index contributed by atoms with van der Waals surface area (Å²) in [7, 11) is 1.46. The summed E-state index contributed by atoms with van der Waals surface area (Å²) in [5, 5.41) is 8.87. The van der Waals surface area contributed by atoms with Crippen LogP contribution in [0.15, 0.2) is 30.3 Å². The Kier molecular flexibility index (Phi) is 4.74. The molecule has 0 saturated carbocycles. The number of carbonyl (C=O) groups excluding carboxylic acids is 1. The Labute approximate surface area is 136 Å². The molecule has 3 rings (SSSR count). The summed E-state index contributed by atoms with van der Waals surface area (Å²) in [6.45, 7) is 2.95. The molecule has 0 fully saturated rings. The molecule has 2 unspecified atom stereocenters. The van der Waals surface area contributed by atoms with E-state index in [-0.39, 0.29) is 17.8 Å². The average Bonchev–Trinajstić information content (AvgIpc) is 2.87. The number of aromatic nitrogens is 3. The third-order valence-electron chi connectivity index (χ3n) is 4.73. The minimum atomic E-state index is -0.111. The zero-order valence-electron chi connectivity index (χ0n) is 13.7. The summed E-state index contributed by atoms with van der Waals surface area (Å²) < 4.78 is 7.12. The first-order valence-electron chi connectivity index (χ1n) is 8.29. The van der Waals surface area contributed by atoms with Gasteiger partial charge in [0.25, 0.3) is 0 Å². The van der Waals surface area contributed by atoms with Gasteiger partial charge < -0.3 is 9.30 Å². The standard InChI is InChI=1S/C18H23N3O2/c1-3-15(13-7-5-4-6-8-13)17-20-19-16-10-9-14(18(22)23-2)11-12-21(16)17/h4-8,14-15H,3,9-12H2,1-2H3. The van der Waals surface area contributed by atoms with Crippen molar-refractivity contribution in [3.8, 4) is 0 Å². The van der Waals surface area contributed by atoms with E-state index in [0.29, 0.717) is 0 Å². The maximum atomic E-state index is 11.8. The highest BCUT2D eigenvalue weighted by molar-refractivity contribution is 5.72. The summed E-state index contributed by atoms with van der Waals surface area (Å²) in [6, 6.07) is 10.4. The minimum absolute atomic E-state index is 0.0358. The van der Waals surface area contributed by atoms with Crippen molar-refractivity contribution in [3.63, 3.8) is 0 Å². The molecule has 0 amide bonds. The van der Waals surface area contributed by atoms with Gasteiger partial charge in [-0.2, -0.15) is 0 Å². The van der Waals surface area contributed by atoms with Crippen LogP contribution in [0.2, 0.25) is 0 Å². The van der Waals surface area contributed by atoms with Gasteiger partial charge in [0.1, 0.15) is 11.6 Å². The van der Waals surface area contributed by atoms with E-state index in [9.17, 15) is 4.79 Å². The number of benzene rings is 1. The van der Waals surface area contributed by atoms with Crippen molar-refractivity contribution in [2.75, 3.05) is 7.11 Å². The largest absolute Gasteiger partial charge is 0.469 e. The van der Waals surface area contributed by atoms with Crippen LogP contribution in [0.4, 0.5) is 0 Å². The Morgan fingerprint density at radius 3 is 2.78 bits per heavy atom. The molecule has 2 heterocycles. The summed E-state index contributed by atoms with van der Waals surface area (Å²) in [5.41, 5.74) is 1.26. The quantitative estimate of drug-likeness (QED) is 0.814. The lowest BCUT2D eigenvalue weighted by Gasteiger charge is -2.17. The number of nitrogens with zero attached hydrogens (tertiary/aromatic N) is 3. The van der Waals surface area contributed by atoms with Crippen molar-refractivity contribution in [2.24, 2.45) is 5.92 Å². The molecular weight excluding hydrogens is 290 g/mol. The molecule has 0 spiro atoms. The number of aryl methyl sites for hydroxylation is 1. The molecule has 1 aromatic carbocycles. The smallest absolute Gasteiger partial charge is 0.308 e. The number of fused-ring (bicyclic) bond motifs is 1. The molecule has 1 aliphatic rings. The first-order valence-corrected chi connectivity index (χ1v) is 8.29. The fraction of sp³-hybridized carbons (Fsp3) is 0.500. The van der Waals surface area contributed by atoms with Crippen LogP contribution >= 0.6 is 0 Å². The molecule has 0 saturated heterocycles. The van der Waals surface area contributed by atoms with Crippen LogP contribution < -0.4 is 0 Å². The Bertz CT molecular complexity index is 666. The van der Waals surface area contributed by atoms with E-state index < -0.39 is 0 Å².